The highest BCUT2D eigenvalue weighted by molar-refractivity contribution is 5.81. The normalized spacial score (nSPS) is 12.6. The van der Waals surface area contributed by atoms with Crippen LogP contribution in [0.3, 0.4) is 0 Å². The van der Waals surface area contributed by atoms with Crippen LogP contribution in [-0.4, -0.2) is 19.5 Å². The molecule has 0 aliphatic carbocycles. The second-order valence-electron chi connectivity index (χ2n) is 5.30. The smallest absolute Gasteiger partial charge is 0.226 e. The lowest BCUT2D eigenvalue weighted by Crippen LogP contribution is -2.42. The molecule has 1 amide bonds. The molecule has 19 heavy (non-hydrogen) atoms. The zero-order valence-corrected chi connectivity index (χ0v) is 11.9. The number of nitrogens with one attached hydrogen (secondary N) is 2. The molecule has 4 nitrogen and oxygen atoms in total. The molecule has 0 aliphatic rings. The number of rotatable bonds is 5. The average molecular weight is 259 g/mol. The van der Waals surface area contributed by atoms with Gasteiger partial charge in [-0.1, -0.05) is 12.1 Å². The third-order valence-electron chi connectivity index (χ3n) is 3.21. The standard InChI is InChI=1S/C15H21N3O/c1-11(13-7-5-6-12(8-13)9-16)18-10-15(2,3)14(19)17-4/h5-8,11,18H,10H2,1-4H3,(H,17,19). The Hall–Kier alpha value is -1.86. The summed E-state index contributed by atoms with van der Waals surface area (Å²) >= 11 is 0. The molecule has 0 spiro atoms. The summed E-state index contributed by atoms with van der Waals surface area (Å²) in [6.45, 7) is 6.40. The van der Waals surface area contributed by atoms with Crippen molar-refractivity contribution < 1.29 is 4.79 Å². The van der Waals surface area contributed by atoms with Crippen LogP contribution in [0.1, 0.15) is 37.9 Å². The molecule has 2 N–H and O–H groups in total. The topological polar surface area (TPSA) is 64.9 Å². The molecule has 0 heterocycles. The van der Waals surface area contributed by atoms with Crippen LogP contribution in [0.4, 0.5) is 0 Å². The van der Waals surface area contributed by atoms with Crippen molar-refractivity contribution in [2.75, 3.05) is 13.6 Å². The molecule has 0 aromatic heterocycles. The molecule has 0 saturated heterocycles. The fourth-order valence-corrected chi connectivity index (χ4v) is 1.82. The summed E-state index contributed by atoms with van der Waals surface area (Å²) in [4.78, 5) is 11.7. The van der Waals surface area contributed by atoms with Gasteiger partial charge in [-0.3, -0.25) is 4.79 Å². The third kappa shape index (κ3) is 4.08. The van der Waals surface area contributed by atoms with Crippen LogP contribution in [0.25, 0.3) is 0 Å². The van der Waals surface area contributed by atoms with E-state index in [4.69, 9.17) is 5.26 Å². The third-order valence-corrected chi connectivity index (χ3v) is 3.21. The number of carbonyl (C=O) groups is 1. The lowest BCUT2D eigenvalue weighted by atomic mass is 9.91. The number of benzene rings is 1. The molecule has 1 rings (SSSR count). The monoisotopic (exact) mass is 259 g/mol. The van der Waals surface area contributed by atoms with Gasteiger partial charge < -0.3 is 10.6 Å². The predicted molar refractivity (Wildman–Crippen MR) is 75.4 cm³/mol. The molecule has 1 atom stereocenters. The van der Waals surface area contributed by atoms with Gasteiger partial charge in [-0.05, 0) is 38.5 Å². The lowest BCUT2D eigenvalue weighted by Gasteiger charge is -2.25. The van der Waals surface area contributed by atoms with Crippen LogP contribution in [0.5, 0.6) is 0 Å². The molecule has 0 radical (unpaired) electrons. The van der Waals surface area contributed by atoms with Gasteiger partial charge in [0.25, 0.3) is 0 Å². The Kier molecular flexibility index (Phi) is 5.08. The highest BCUT2D eigenvalue weighted by Crippen LogP contribution is 2.18. The maximum Gasteiger partial charge on any atom is 0.226 e. The molecule has 0 saturated carbocycles. The first-order chi connectivity index (χ1) is 8.90. The Balaban J connectivity index is 2.68. The van der Waals surface area contributed by atoms with E-state index < -0.39 is 5.41 Å². The first-order valence-electron chi connectivity index (χ1n) is 6.36. The first kappa shape index (κ1) is 15.2. The maximum atomic E-state index is 11.7. The second-order valence-corrected chi connectivity index (χ2v) is 5.30. The molecular weight excluding hydrogens is 238 g/mol. The summed E-state index contributed by atoms with van der Waals surface area (Å²) in [6.07, 6.45) is 0. The van der Waals surface area contributed by atoms with Crippen LogP contribution < -0.4 is 10.6 Å². The van der Waals surface area contributed by atoms with Gasteiger partial charge in [0.15, 0.2) is 0 Å². The largest absolute Gasteiger partial charge is 0.359 e. The van der Waals surface area contributed by atoms with Crippen molar-refractivity contribution >= 4 is 5.91 Å². The van der Waals surface area contributed by atoms with Gasteiger partial charge >= 0.3 is 0 Å². The van der Waals surface area contributed by atoms with Crippen molar-refractivity contribution in [3.05, 3.63) is 35.4 Å². The minimum Gasteiger partial charge on any atom is -0.359 e. The number of nitriles is 1. The Labute approximate surface area is 114 Å². The van der Waals surface area contributed by atoms with Gasteiger partial charge in [0.2, 0.25) is 5.91 Å². The van der Waals surface area contributed by atoms with Crippen molar-refractivity contribution in [1.29, 1.82) is 5.26 Å². The molecule has 0 fully saturated rings. The minimum atomic E-state index is -0.462. The van der Waals surface area contributed by atoms with E-state index in [1.807, 2.05) is 39.0 Å². The molecule has 1 aromatic rings. The summed E-state index contributed by atoms with van der Waals surface area (Å²) in [6, 6.07) is 9.72. The summed E-state index contributed by atoms with van der Waals surface area (Å²) < 4.78 is 0. The summed E-state index contributed by atoms with van der Waals surface area (Å²) in [5.74, 6) is 0.0120. The number of amides is 1. The van der Waals surface area contributed by atoms with Gasteiger partial charge in [0.05, 0.1) is 17.0 Å². The number of carbonyl (C=O) groups excluding carboxylic acids is 1. The second kappa shape index (κ2) is 6.35. The fraction of sp³-hybridized carbons (Fsp3) is 0.467. The molecule has 0 bridgehead atoms. The Morgan fingerprint density at radius 2 is 2.16 bits per heavy atom. The Morgan fingerprint density at radius 3 is 2.74 bits per heavy atom. The average Bonchev–Trinajstić information content (AvgIpc) is 2.43. The lowest BCUT2D eigenvalue weighted by molar-refractivity contribution is -0.128. The molecule has 1 unspecified atom stereocenters. The van der Waals surface area contributed by atoms with Crippen molar-refractivity contribution in [2.45, 2.75) is 26.8 Å². The highest BCUT2D eigenvalue weighted by atomic mass is 16.2. The Bertz CT molecular complexity index is 488. The SMILES string of the molecule is CNC(=O)C(C)(C)CNC(C)c1cccc(C#N)c1. The van der Waals surface area contributed by atoms with Gasteiger partial charge in [0.1, 0.15) is 0 Å². The van der Waals surface area contributed by atoms with E-state index in [0.717, 1.165) is 5.56 Å². The summed E-state index contributed by atoms with van der Waals surface area (Å²) in [5.41, 5.74) is 1.24. The van der Waals surface area contributed by atoms with Gasteiger partial charge in [-0.25, -0.2) is 0 Å². The van der Waals surface area contributed by atoms with Crippen LogP contribution in [0.2, 0.25) is 0 Å². The van der Waals surface area contributed by atoms with Crippen molar-refractivity contribution in [2.24, 2.45) is 5.41 Å². The van der Waals surface area contributed by atoms with Crippen molar-refractivity contribution in [1.82, 2.24) is 10.6 Å². The fourth-order valence-electron chi connectivity index (χ4n) is 1.82. The zero-order valence-electron chi connectivity index (χ0n) is 11.9. The molecule has 1 aromatic carbocycles. The first-order valence-corrected chi connectivity index (χ1v) is 6.36. The van der Waals surface area contributed by atoms with E-state index in [-0.39, 0.29) is 11.9 Å². The van der Waals surface area contributed by atoms with Gasteiger partial charge in [-0.15, -0.1) is 0 Å². The maximum absolute atomic E-state index is 11.7. The number of hydrogen-bond donors (Lipinski definition) is 2. The van der Waals surface area contributed by atoms with Gasteiger partial charge in [0, 0.05) is 19.6 Å². The Morgan fingerprint density at radius 1 is 1.47 bits per heavy atom. The van der Waals surface area contributed by atoms with E-state index in [1.165, 1.54) is 0 Å². The minimum absolute atomic E-state index is 0.0120. The molecule has 102 valence electrons. The highest BCUT2D eigenvalue weighted by Gasteiger charge is 2.26. The van der Waals surface area contributed by atoms with E-state index in [0.29, 0.717) is 12.1 Å². The zero-order chi connectivity index (χ0) is 14.5. The number of hydrogen-bond acceptors (Lipinski definition) is 3. The van der Waals surface area contributed by atoms with E-state index in [2.05, 4.69) is 16.7 Å². The molecule has 4 heteroatoms. The molecule has 0 aliphatic heterocycles. The van der Waals surface area contributed by atoms with Crippen molar-refractivity contribution in [3.63, 3.8) is 0 Å². The van der Waals surface area contributed by atoms with Crippen LogP contribution in [0, 0.1) is 16.7 Å². The molecular formula is C15H21N3O. The van der Waals surface area contributed by atoms with E-state index in [1.54, 1.807) is 13.1 Å². The van der Waals surface area contributed by atoms with E-state index >= 15 is 0 Å². The summed E-state index contributed by atoms with van der Waals surface area (Å²) in [7, 11) is 1.64. The predicted octanol–water partition coefficient (Wildman–Crippen LogP) is 1.98. The van der Waals surface area contributed by atoms with Crippen LogP contribution in [0.15, 0.2) is 24.3 Å². The van der Waals surface area contributed by atoms with Crippen LogP contribution >= 0.6 is 0 Å². The number of nitrogens with zero attached hydrogens (tertiary/aromatic N) is 1. The summed E-state index contributed by atoms with van der Waals surface area (Å²) in [5, 5.41) is 14.9. The quantitative estimate of drug-likeness (QED) is 0.849. The van der Waals surface area contributed by atoms with Gasteiger partial charge in [-0.2, -0.15) is 5.26 Å². The van der Waals surface area contributed by atoms with Crippen molar-refractivity contribution in [3.8, 4) is 6.07 Å². The van der Waals surface area contributed by atoms with Crippen LogP contribution in [-0.2, 0) is 4.79 Å². The van der Waals surface area contributed by atoms with E-state index in [9.17, 15) is 4.79 Å².